The number of nitriles is 1. The molecule has 102 valence electrons. The van der Waals surface area contributed by atoms with Crippen molar-refractivity contribution in [2.75, 3.05) is 0 Å². The summed E-state index contributed by atoms with van der Waals surface area (Å²) in [6.45, 7) is 5.29. The summed E-state index contributed by atoms with van der Waals surface area (Å²) < 4.78 is 5.44. The molecule has 7 heteroatoms. The van der Waals surface area contributed by atoms with Gasteiger partial charge in [0.1, 0.15) is 0 Å². The lowest BCUT2D eigenvalue weighted by atomic mass is 10.2. The topological polar surface area (TPSA) is 50.1 Å². The van der Waals surface area contributed by atoms with Crippen LogP contribution in [0.2, 0.25) is 33.7 Å². The Morgan fingerprint density at radius 2 is 1.84 bits per heavy atom. The molecule has 1 aromatic rings. The minimum absolute atomic E-state index is 0.0431. The SMILES string of the molecule is CC(C#N)[Si](C)(C)OC(=O)c1c(Cl)ccc(Cl)c1Cl. The van der Waals surface area contributed by atoms with Gasteiger partial charge in [-0.3, -0.25) is 0 Å². The van der Waals surface area contributed by atoms with Crippen LogP contribution < -0.4 is 0 Å². The van der Waals surface area contributed by atoms with Gasteiger partial charge in [-0.05, 0) is 32.2 Å². The molecule has 0 aliphatic heterocycles. The van der Waals surface area contributed by atoms with E-state index < -0.39 is 14.3 Å². The third-order valence-corrected chi connectivity index (χ3v) is 6.89. The molecule has 0 fully saturated rings. The molecule has 1 aromatic carbocycles. The Bertz CT molecular complexity index is 555. The molecule has 0 spiro atoms. The highest BCUT2D eigenvalue weighted by Gasteiger charge is 2.35. The van der Waals surface area contributed by atoms with Crippen LogP contribution in [0.15, 0.2) is 12.1 Å². The highest BCUT2D eigenvalue weighted by molar-refractivity contribution is 6.75. The number of nitrogens with zero attached hydrogens (tertiary/aromatic N) is 1. The maximum absolute atomic E-state index is 12.2. The van der Waals surface area contributed by atoms with E-state index in [2.05, 4.69) is 6.07 Å². The number of benzene rings is 1. The Kier molecular flexibility index (Phi) is 5.28. The minimum Gasteiger partial charge on any atom is -0.515 e. The first-order valence-electron chi connectivity index (χ1n) is 5.47. The highest BCUT2D eigenvalue weighted by atomic mass is 35.5. The van der Waals surface area contributed by atoms with Gasteiger partial charge in [-0.1, -0.05) is 34.8 Å². The lowest BCUT2D eigenvalue weighted by Crippen LogP contribution is -2.37. The summed E-state index contributed by atoms with van der Waals surface area (Å²) in [7, 11) is -2.49. The van der Waals surface area contributed by atoms with Crippen LogP contribution in [0.1, 0.15) is 17.3 Å². The average molecular weight is 337 g/mol. The first-order valence-corrected chi connectivity index (χ1v) is 9.59. The standard InChI is InChI=1S/C12H12Cl3NO2Si/c1-7(6-16)19(2,3)18-12(17)10-8(13)4-5-9(14)11(10)15/h4-5,7H,1-3H3. The van der Waals surface area contributed by atoms with Crippen molar-refractivity contribution in [1.82, 2.24) is 0 Å². The molecule has 0 N–H and O–H groups in total. The number of rotatable bonds is 3. The van der Waals surface area contributed by atoms with Gasteiger partial charge in [0.15, 0.2) is 0 Å². The zero-order valence-corrected chi connectivity index (χ0v) is 13.9. The third-order valence-electron chi connectivity index (χ3n) is 2.84. The summed E-state index contributed by atoms with van der Waals surface area (Å²) in [5.74, 6) is -0.642. The van der Waals surface area contributed by atoms with E-state index in [0.29, 0.717) is 0 Å². The van der Waals surface area contributed by atoms with Gasteiger partial charge in [-0.25, -0.2) is 4.79 Å². The van der Waals surface area contributed by atoms with Crippen molar-refractivity contribution >= 4 is 49.1 Å². The molecule has 0 saturated carbocycles. The van der Waals surface area contributed by atoms with Crippen LogP contribution in [0.3, 0.4) is 0 Å². The van der Waals surface area contributed by atoms with E-state index in [0.717, 1.165) is 0 Å². The normalized spacial score (nSPS) is 12.7. The molecule has 0 radical (unpaired) electrons. The Balaban J connectivity index is 3.10. The van der Waals surface area contributed by atoms with Crippen LogP contribution in [0.25, 0.3) is 0 Å². The van der Waals surface area contributed by atoms with Crippen LogP contribution in [-0.4, -0.2) is 14.3 Å². The van der Waals surface area contributed by atoms with Crippen molar-refractivity contribution in [3.05, 3.63) is 32.8 Å². The van der Waals surface area contributed by atoms with E-state index in [4.69, 9.17) is 44.5 Å². The van der Waals surface area contributed by atoms with E-state index in [-0.39, 0.29) is 26.2 Å². The van der Waals surface area contributed by atoms with Crippen molar-refractivity contribution in [2.24, 2.45) is 0 Å². The largest absolute Gasteiger partial charge is 0.515 e. The molecule has 1 unspecified atom stereocenters. The molecule has 0 bridgehead atoms. The predicted molar refractivity (Wildman–Crippen MR) is 79.4 cm³/mol. The summed E-state index contributed by atoms with van der Waals surface area (Å²) in [6.07, 6.45) is 0. The van der Waals surface area contributed by atoms with Gasteiger partial charge in [0, 0.05) is 0 Å². The second-order valence-corrected chi connectivity index (χ2v) is 10.0. The fraction of sp³-hybridized carbons (Fsp3) is 0.333. The Morgan fingerprint density at radius 3 is 2.37 bits per heavy atom. The second kappa shape index (κ2) is 6.15. The minimum atomic E-state index is -2.49. The summed E-state index contributed by atoms with van der Waals surface area (Å²) in [5.41, 5.74) is -0.297. The van der Waals surface area contributed by atoms with Crippen LogP contribution in [-0.2, 0) is 4.43 Å². The number of carbonyl (C=O) groups is 1. The quantitative estimate of drug-likeness (QED) is 0.581. The first-order chi connectivity index (χ1) is 8.70. The third kappa shape index (κ3) is 3.64. The maximum atomic E-state index is 12.2. The van der Waals surface area contributed by atoms with Gasteiger partial charge >= 0.3 is 5.97 Å². The summed E-state index contributed by atoms with van der Waals surface area (Å²) >= 11 is 17.8. The van der Waals surface area contributed by atoms with Gasteiger partial charge in [-0.15, -0.1) is 0 Å². The summed E-state index contributed by atoms with van der Waals surface area (Å²) in [6, 6.07) is 5.08. The van der Waals surface area contributed by atoms with Gasteiger partial charge in [0.25, 0.3) is 8.32 Å². The molecule has 0 amide bonds. The van der Waals surface area contributed by atoms with Gasteiger partial charge in [0.05, 0.1) is 32.2 Å². The lowest BCUT2D eigenvalue weighted by Gasteiger charge is -2.25. The molecule has 3 nitrogen and oxygen atoms in total. The zero-order valence-electron chi connectivity index (χ0n) is 10.6. The molecule has 0 heterocycles. The van der Waals surface area contributed by atoms with Crippen molar-refractivity contribution in [3.63, 3.8) is 0 Å². The van der Waals surface area contributed by atoms with Crippen LogP contribution in [0.5, 0.6) is 0 Å². The van der Waals surface area contributed by atoms with Gasteiger partial charge in [0.2, 0.25) is 0 Å². The molecule has 19 heavy (non-hydrogen) atoms. The fourth-order valence-electron chi connectivity index (χ4n) is 1.25. The number of halogens is 3. The Labute approximate surface area is 128 Å². The molecular formula is C12H12Cl3NO2Si. The van der Waals surface area contributed by atoms with E-state index in [1.54, 1.807) is 20.0 Å². The predicted octanol–water partition coefficient (Wildman–Crippen LogP) is 4.92. The fourth-order valence-corrected chi connectivity index (χ4v) is 3.00. The monoisotopic (exact) mass is 335 g/mol. The first kappa shape index (κ1) is 16.3. The summed E-state index contributed by atoms with van der Waals surface area (Å²) in [4.78, 5) is 12.2. The molecule has 0 aliphatic carbocycles. The maximum Gasteiger partial charge on any atom is 0.327 e. The zero-order chi connectivity index (χ0) is 14.8. The van der Waals surface area contributed by atoms with E-state index in [1.165, 1.54) is 12.1 Å². The number of carbonyl (C=O) groups excluding carboxylic acids is 1. The van der Waals surface area contributed by atoms with Crippen LogP contribution in [0, 0.1) is 11.3 Å². The van der Waals surface area contributed by atoms with Gasteiger partial charge in [-0.2, -0.15) is 5.26 Å². The molecule has 0 aromatic heterocycles. The van der Waals surface area contributed by atoms with E-state index in [9.17, 15) is 4.79 Å². The molecule has 0 aliphatic rings. The molecule has 1 rings (SSSR count). The number of hydrogen-bond donors (Lipinski definition) is 0. The molecule has 0 saturated heterocycles. The Hall–Kier alpha value is -0.733. The van der Waals surface area contributed by atoms with E-state index in [1.807, 2.05) is 0 Å². The van der Waals surface area contributed by atoms with Crippen molar-refractivity contribution < 1.29 is 9.22 Å². The Morgan fingerprint density at radius 1 is 1.32 bits per heavy atom. The average Bonchev–Trinajstić information content (AvgIpc) is 2.32. The molecular weight excluding hydrogens is 325 g/mol. The van der Waals surface area contributed by atoms with Gasteiger partial charge < -0.3 is 4.43 Å². The summed E-state index contributed by atoms with van der Waals surface area (Å²) in [5, 5.41) is 9.39. The van der Waals surface area contributed by atoms with Crippen molar-refractivity contribution in [3.8, 4) is 6.07 Å². The van der Waals surface area contributed by atoms with E-state index >= 15 is 0 Å². The second-order valence-electron chi connectivity index (χ2n) is 4.56. The van der Waals surface area contributed by atoms with Crippen LogP contribution in [0.4, 0.5) is 0 Å². The van der Waals surface area contributed by atoms with Crippen molar-refractivity contribution in [1.29, 1.82) is 5.26 Å². The van der Waals surface area contributed by atoms with Crippen molar-refractivity contribution in [2.45, 2.75) is 25.6 Å². The smallest absolute Gasteiger partial charge is 0.327 e. The highest BCUT2D eigenvalue weighted by Crippen LogP contribution is 2.33. The number of hydrogen-bond acceptors (Lipinski definition) is 3. The molecule has 1 atom stereocenters. The van der Waals surface area contributed by atoms with Crippen LogP contribution >= 0.6 is 34.8 Å². The lowest BCUT2D eigenvalue weighted by molar-refractivity contribution is 0.0720.